The van der Waals surface area contributed by atoms with Crippen LogP contribution in [0, 0.1) is 12.7 Å². The molecule has 1 aromatic heterocycles. The van der Waals surface area contributed by atoms with Crippen LogP contribution in [0.4, 0.5) is 10.1 Å². The normalized spacial score (nSPS) is 10.6. The SMILES string of the molecule is Cc1nc(CSc2ccccc2C(=O)Nc2ccc(F)cc2)cs1. The molecule has 0 bridgehead atoms. The summed E-state index contributed by atoms with van der Waals surface area (Å²) in [5, 5.41) is 5.86. The average Bonchev–Trinajstić information content (AvgIpc) is 3.01. The van der Waals surface area contributed by atoms with Crippen molar-refractivity contribution in [3.63, 3.8) is 0 Å². The first-order valence-electron chi connectivity index (χ1n) is 7.31. The molecule has 0 unspecified atom stereocenters. The van der Waals surface area contributed by atoms with Gasteiger partial charge in [-0.15, -0.1) is 23.1 Å². The Labute approximate surface area is 148 Å². The van der Waals surface area contributed by atoms with Gasteiger partial charge < -0.3 is 5.32 Å². The zero-order valence-electron chi connectivity index (χ0n) is 13.0. The summed E-state index contributed by atoms with van der Waals surface area (Å²) in [6, 6.07) is 13.2. The Morgan fingerprint density at radius 2 is 1.96 bits per heavy atom. The lowest BCUT2D eigenvalue weighted by molar-refractivity contribution is 0.102. The summed E-state index contributed by atoms with van der Waals surface area (Å²) in [5.74, 6) is 0.173. The van der Waals surface area contributed by atoms with Gasteiger partial charge in [-0.25, -0.2) is 9.37 Å². The number of thioether (sulfide) groups is 1. The first-order valence-corrected chi connectivity index (χ1v) is 9.18. The van der Waals surface area contributed by atoms with E-state index < -0.39 is 0 Å². The second kappa shape index (κ2) is 7.59. The van der Waals surface area contributed by atoms with Crippen LogP contribution < -0.4 is 5.32 Å². The summed E-state index contributed by atoms with van der Waals surface area (Å²) in [5.41, 5.74) is 2.17. The van der Waals surface area contributed by atoms with Crippen molar-refractivity contribution in [2.75, 3.05) is 5.32 Å². The van der Waals surface area contributed by atoms with Crippen molar-refractivity contribution in [1.82, 2.24) is 4.98 Å². The van der Waals surface area contributed by atoms with Gasteiger partial charge in [-0.2, -0.15) is 0 Å². The van der Waals surface area contributed by atoms with Crippen LogP contribution in [0.3, 0.4) is 0 Å². The summed E-state index contributed by atoms with van der Waals surface area (Å²) in [6.07, 6.45) is 0. The van der Waals surface area contributed by atoms with E-state index in [0.29, 0.717) is 17.0 Å². The molecule has 0 saturated heterocycles. The maximum atomic E-state index is 13.0. The molecule has 1 amide bonds. The highest BCUT2D eigenvalue weighted by molar-refractivity contribution is 7.98. The number of hydrogen-bond donors (Lipinski definition) is 1. The Morgan fingerprint density at radius 3 is 2.67 bits per heavy atom. The predicted molar refractivity (Wildman–Crippen MR) is 97.2 cm³/mol. The third-order valence-corrected chi connectivity index (χ3v) is 5.21. The third-order valence-electron chi connectivity index (χ3n) is 3.28. The predicted octanol–water partition coefficient (Wildman–Crippen LogP) is 5.14. The minimum absolute atomic E-state index is 0.209. The molecule has 0 aliphatic carbocycles. The Morgan fingerprint density at radius 1 is 1.21 bits per heavy atom. The summed E-state index contributed by atoms with van der Waals surface area (Å²) in [6.45, 7) is 1.98. The number of carbonyl (C=O) groups is 1. The van der Waals surface area contributed by atoms with Crippen molar-refractivity contribution in [3.05, 3.63) is 76.0 Å². The Balaban J connectivity index is 1.72. The minimum atomic E-state index is -0.331. The van der Waals surface area contributed by atoms with Crippen LogP contribution in [-0.4, -0.2) is 10.9 Å². The molecule has 24 heavy (non-hydrogen) atoms. The van der Waals surface area contributed by atoms with Gasteiger partial charge in [0.05, 0.1) is 16.3 Å². The molecule has 0 fully saturated rings. The van der Waals surface area contributed by atoms with Gasteiger partial charge in [0.25, 0.3) is 5.91 Å². The van der Waals surface area contributed by atoms with E-state index in [9.17, 15) is 9.18 Å². The van der Waals surface area contributed by atoms with E-state index in [1.165, 1.54) is 12.1 Å². The molecule has 2 aromatic carbocycles. The van der Waals surface area contributed by atoms with Gasteiger partial charge in [-0.05, 0) is 43.3 Å². The highest BCUT2D eigenvalue weighted by atomic mass is 32.2. The van der Waals surface area contributed by atoms with Crippen molar-refractivity contribution in [2.45, 2.75) is 17.6 Å². The Bertz CT molecular complexity index is 846. The number of carbonyl (C=O) groups excluding carboxylic acids is 1. The molecule has 0 aliphatic heterocycles. The van der Waals surface area contributed by atoms with Crippen LogP contribution in [0.25, 0.3) is 0 Å². The zero-order chi connectivity index (χ0) is 16.9. The van der Waals surface area contributed by atoms with Crippen LogP contribution in [0.5, 0.6) is 0 Å². The highest BCUT2D eigenvalue weighted by Crippen LogP contribution is 2.27. The standard InChI is InChI=1S/C18H15FN2OS2/c1-12-20-15(10-23-12)11-24-17-5-3-2-4-16(17)18(22)21-14-8-6-13(19)7-9-14/h2-10H,11H2,1H3,(H,21,22). The molecule has 3 aromatic rings. The number of aryl methyl sites for hydroxylation is 1. The van der Waals surface area contributed by atoms with Crippen molar-refractivity contribution < 1.29 is 9.18 Å². The highest BCUT2D eigenvalue weighted by Gasteiger charge is 2.12. The van der Waals surface area contributed by atoms with E-state index in [1.54, 1.807) is 41.3 Å². The van der Waals surface area contributed by atoms with E-state index in [1.807, 2.05) is 30.5 Å². The smallest absolute Gasteiger partial charge is 0.256 e. The van der Waals surface area contributed by atoms with Crippen LogP contribution in [0.15, 0.2) is 58.8 Å². The quantitative estimate of drug-likeness (QED) is 0.643. The fraction of sp³-hybridized carbons (Fsp3) is 0.111. The summed E-state index contributed by atoms with van der Waals surface area (Å²) >= 11 is 3.20. The van der Waals surface area contributed by atoms with Crippen LogP contribution in [0.1, 0.15) is 21.1 Å². The molecular weight excluding hydrogens is 343 g/mol. The monoisotopic (exact) mass is 358 g/mol. The number of benzene rings is 2. The number of rotatable bonds is 5. The first-order chi connectivity index (χ1) is 11.6. The molecule has 0 spiro atoms. The second-order valence-corrected chi connectivity index (χ2v) is 7.18. The molecule has 122 valence electrons. The Kier molecular flexibility index (Phi) is 5.27. The van der Waals surface area contributed by atoms with E-state index in [2.05, 4.69) is 10.3 Å². The molecule has 3 nitrogen and oxygen atoms in total. The van der Waals surface area contributed by atoms with Crippen LogP contribution >= 0.6 is 23.1 Å². The molecule has 1 N–H and O–H groups in total. The number of anilines is 1. The van der Waals surface area contributed by atoms with Gasteiger partial charge in [0.15, 0.2) is 0 Å². The number of halogens is 1. The van der Waals surface area contributed by atoms with Crippen LogP contribution in [-0.2, 0) is 5.75 Å². The maximum Gasteiger partial charge on any atom is 0.256 e. The molecule has 1 heterocycles. The fourth-order valence-electron chi connectivity index (χ4n) is 2.14. The van der Waals surface area contributed by atoms with Crippen LogP contribution in [0.2, 0.25) is 0 Å². The second-order valence-electron chi connectivity index (χ2n) is 5.10. The lowest BCUT2D eigenvalue weighted by Gasteiger charge is -2.09. The van der Waals surface area contributed by atoms with Gasteiger partial charge in [-0.1, -0.05) is 12.1 Å². The molecule has 0 aliphatic rings. The fourth-order valence-corrected chi connectivity index (χ4v) is 3.80. The van der Waals surface area contributed by atoms with E-state index in [-0.39, 0.29) is 11.7 Å². The third kappa shape index (κ3) is 4.21. The number of thiazole rings is 1. The first kappa shape index (κ1) is 16.7. The van der Waals surface area contributed by atoms with Gasteiger partial charge >= 0.3 is 0 Å². The zero-order valence-corrected chi connectivity index (χ0v) is 14.6. The maximum absolute atomic E-state index is 13.0. The molecule has 0 atom stereocenters. The molecular formula is C18H15FN2OS2. The number of aromatic nitrogens is 1. The molecule has 6 heteroatoms. The lowest BCUT2D eigenvalue weighted by Crippen LogP contribution is -2.12. The summed E-state index contributed by atoms with van der Waals surface area (Å²) in [4.78, 5) is 17.8. The average molecular weight is 358 g/mol. The summed E-state index contributed by atoms with van der Waals surface area (Å²) < 4.78 is 13.0. The van der Waals surface area contributed by atoms with Crippen molar-refractivity contribution in [2.24, 2.45) is 0 Å². The molecule has 0 saturated carbocycles. The number of hydrogen-bond acceptors (Lipinski definition) is 4. The van der Waals surface area contributed by atoms with Gasteiger partial charge in [0, 0.05) is 21.7 Å². The minimum Gasteiger partial charge on any atom is -0.322 e. The number of amides is 1. The van der Waals surface area contributed by atoms with E-state index >= 15 is 0 Å². The molecule has 0 radical (unpaired) electrons. The number of nitrogens with one attached hydrogen (secondary N) is 1. The topological polar surface area (TPSA) is 42.0 Å². The Hall–Kier alpha value is -2.18. The van der Waals surface area contributed by atoms with Gasteiger partial charge in [0.1, 0.15) is 5.82 Å². The van der Waals surface area contributed by atoms with Crippen molar-refractivity contribution >= 4 is 34.7 Å². The van der Waals surface area contributed by atoms with Gasteiger partial charge in [0.2, 0.25) is 0 Å². The summed E-state index contributed by atoms with van der Waals surface area (Å²) in [7, 11) is 0. The lowest BCUT2D eigenvalue weighted by atomic mass is 10.2. The van der Waals surface area contributed by atoms with E-state index in [0.717, 1.165) is 15.6 Å². The van der Waals surface area contributed by atoms with E-state index in [4.69, 9.17) is 0 Å². The largest absolute Gasteiger partial charge is 0.322 e. The molecule has 3 rings (SSSR count). The van der Waals surface area contributed by atoms with Gasteiger partial charge in [-0.3, -0.25) is 4.79 Å². The number of nitrogens with zero attached hydrogens (tertiary/aromatic N) is 1. The van der Waals surface area contributed by atoms with Crippen molar-refractivity contribution in [3.8, 4) is 0 Å². The van der Waals surface area contributed by atoms with Crippen molar-refractivity contribution in [1.29, 1.82) is 0 Å².